The van der Waals surface area contributed by atoms with Crippen LogP contribution in [0.1, 0.15) is 63.4 Å². The molecule has 12 nitrogen and oxygen atoms in total. The van der Waals surface area contributed by atoms with E-state index in [4.69, 9.17) is 14.5 Å². The molecule has 244 valence electrons. The lowest BCUT2D eigenvalue weighted by molar-refractivity contribution is -0.385. The van der Waals surface area contributed by atoms with Crippen LogP contribution in [-0.2, 0) is 4.79 Å². The number of rotatable bonds is 8. The molecule has 0 bridgehead atoms. The molecule has 0 saturated carbocycles. The van der Waals surface area contributed by atoms with Crippen molar-refractivity contribution in [3.05, 3.63) is 143 Å². The summed E-state index contributed by atoms with van der Waals surface area (Å²) < 4.78 is 11.2. The summed E-state index contributed by atoms with van der Waals surface area (Å²) in [7, 11) is 0. The van der Waals surface area contributed by atoms with Crippen LogP contribution in [0.3, 0.4) is 0 Å². The molecule has 0 fully saturated rings. The molecule has 0 unspecified atom stereocenters. The Labute approximate surface area is 275 Å². The van der Waals surface area contributed by atoms with Crippen LogP contribution in [0, 0.1) is 54.8 Å². The Morgan fingerprint density at radius 2 is 1.19 bits per heavy atom. The quantitative estimate of drug-likeness (QED) is 0.0876. The van der Waals surface area contributed by atoms with Crippen LogP contribution in [0.2, 0.25) is 0 Å². The third-order valence-corrected chi connectivity index (χ3v) is 8.15. The third-order valence-electron chi connectivity index (χ3n) is 8.15. The van der Waals surface area contributed by atoms with Crippen molar-refractivity contribution in [3.8, 4) is 11.5 Å². The maximum absolute atomic E-state index is 13.5. The number of nitrogens with zero attached hydrogens (tertiary/aromatic N) is 3. The standard InChI is InChI=1S/C36H32N4O8/c1-18-16-19(2)29(20(3)17-18)32(33-21(4)30(23(6)37-33)35(41)47-27-12-8-25(9-13-27)39(43)44)34-22(5)31(24(7)38-34)36(42)48-28-14-10-26(11-15-28)40(45)46/h8-17,37H,1-7H3/b34-32-. The van der Waals surface area contributed by atoms with Crippen molar-refractivity contribution in [2.45, 2.75) is 48.5 Å². The second-order valence-electron chi connectivity index (χ2n) is 11.6. The average molecular weight is 649 g/mol. The summed E-state index contributed by atoms with van der Waals surface area (Å²) in [6.45, 7) is 13.0. The number of H-pyrrole nitrogens is 1. The van der Waals surface area contributed by atoms with Crippen LogP contribution >= 0.6 is 0 Å². The molecule has 4 aromatic rings. The molecule has 1 aliphatic heterocycles. The highest BCUT2D eigenvalue weighted by Gasteiger charge is 2.32. The van der Waals surface area contributed by atoms with E-state index >= 15 is 0 Å². The number of esters is 2. The molecule has 48 heavy (non-hydrogen) atoms. The van der Waals surface area contributed by atoms with Crippen LogP contribution in [-0.4, -0.2) is 32.5 Å². The van der Waals surface area contributed by atoms with Crippen molar-refractivity contribution in [2.24, 2.45) is 4.99 Å². The van der Waals surface area contributed by atoms with E-state index in [-0.39, 0.29) is 28.4 Å². The minimum absolute atomic E-state index is 0.127. The highest BCUT2D eigenvalue weighted by molar-refractivity contribution is 6.23. The van der Waals surface area contributed by atoms with Gasteiger partial charge >= 0.3 is 11.9 Å². The van der Waals surface area contributed by atoms with E-state index < -0.39 is 21.8 Å². The van der Waals surface area contributed by atoms with E-state index in [1.54, 1.807) is 27.7 Å². The van der Waals surface area contributed by atoms with Gasteiger partial charge in [-0.1, -0.05) is 17.7 Å². The van der Waals surface area contributed by atoms with Gasteiger partial charge < -0.3 is 14.5 Å². The van der Waals surface area contributed by atoms with E-state index in [2.05, 4.69) is 4.98 Å². The number of nitrogens with one attached hydrogen (secondary N) is 1. The van der Waals surface area contributed by atoms with Crippen molar-refractivity contribution >= 4 is 34.6 Å². The van der Waals surface area contributed by atoms with Crippen LogP contribution in [0.5, 0.6) is 11.5 Å². The molecule has 12 heteroatoms. The van der Waals surface area contributed by atoms with E-state index in [0.717, 1.165) is 22.3 Å². The average Bonchev–Trinajstić information content (AvgIpc) is 3.48. The topological polar surface area (TPSA) is 167 Å². The molecule has 3 aromatic carbocycles. The number of aliphatic imine (C=N–C) groups is 1. The summed E-state index contributed by atoms with van der Waals surface area (Å²) >= 11 is 0. The Morgan fingerprint density at radius 1 is 0.708 bits per heavy atom. The number of carbonyl (C=O) groups excluding carboxylic acids is 2. The predicted molar refractivity (Wildman–Crippen MR) is 180 cm³/mol. The van der Waals surface area contributed by atoms with Gasteiger partial charge in [-0.3, -0.25) is 25.2 Å². The van der Waals surface area contributed by atoms with Crippen molar-refractivity contribution in [1.82, 2.24) is 4.98 Å². The Balaban J connectivity index is 1.63. The van der Waals surface area contributed by atoms with Crippen LogP contribution < -0.4 is 9.47 Å². The molecule has 2 heterocycles. The highest BCUT2D eigenvalue weighted by Crippen LogP contribution is 2.41. The number of aromatic nitrogens is 1. The molecule has 0 radical (unpaired) electrons. The molecule has 1 N–H and O–H groups in total. The fraction of sp³-hybridized carbons (Fsp3) is 0.194. The van der Waals surface area contributed by atoms with Gasteiger partial charge in [0.15, 0.2) is 0 Å². The van der Waals surface area contributed by atoms with Crippen LogP contribution in [0.4, 0.5) is 11.4 Å². The number of hydrogen-bond donors (Lipinski definition) is 1. The van der Waals surface area contributed by atoms with E-state index in [1.165, 1.54) is 48.5 Å². The van der Waals surface area contributed by atoms with Gasteiger partial charge in [0.1, 0.15) is 11.5 Å². The smallest absolute Gasteiger partial charge is 0.345 e. The lowest BCUT2D eigenvalue weighted by Crippen LogP contribution is -2.16. The SMILES string of the molecule is CC1=N/C(=C(\c2[nH]c(C)c(C(=O)Oc3ccc([N+](=O)[O-])cc3)c2C)c2c(C)cc(C)cc2C)C(C)=C1C(=O)Oc1ccc([N+](=O)[O-])cc1. The molecular weight excluding hydrogens is 616 g/mol. The molecule has 0 saturated heterocycles. The summed E-state index contributed by atoms with van der Waals surface area (Å²) in [6.07, 6.45) is 0. The molecule has 1 aliphatic rings. The molecule has 0 atom stereocenters. The lowest BCUT2D eigenvalue weighted by atomic mass is 9.87. The zero-order valence-electron chi connectivity index (χ0n) is 27.4. The highest BCUT2D eigenvalue weighted by atomic mass is 16.6. The number of nitro benzene ring substituents is 2. The number of non-ortho nitro benzene ring substituents is 2. The minimum atomic E-state index is -0.666. The maximum atomic E-state index is 13.5. The number of allylic oxidation sites excluding steroid dienone is 1. The first-order chi connectivity index (χ1) is 22.7. The number of aromatic amines is 1. The monoisotopic (exact) mass is 648 g/mol. The van der Waals surface area contributed by atoms with Gasteiger partial charge in [-0.15, -0.1) is 0 Å². The molecule has 0 aliphatic carbocycles. The summed E-state index contributed by atoms with van der Waals surface area (Å²) in [6, 6.07) is 14.6. The molecule has 5 rings (SSSR count). The predicted octanol–water partition coefficient (Wildman–Crippen LogP) is 7.75. The Bertz CT molecular complexity index is 2090. The zero-order valence-corrected chi connectivity index (χ0v) is 27.4. The number of carbonyl (C=O) groups is 2. The fourth-order valence-electron chi connectivity index (χ4n) is 6.07. The number of aryl methyl sites for hydroxylation is 4. The summed E-state index contributed by atoms with van der Waals surface area (Å²) in [5, 5.41) is 22.1. The largest absolute Gasteiger partial charge is 0.423 e. The van der Waals surface area contributed by atoms with Gasteiger partial charge in [0.05, 0.1) is 38.1 Å². The molecule has 1 aromatic heterocycles. The van der Waals surface area contributed by atoms with Crippen molar-refractivity contribution in [3.63, 3.8) is 0 Å². The third kappa shape index (κ3) is 6.27. The van der Waals surface area contributed by atoms with Gasteiger partial charge in [0, 0.05) is 35.5 Å². The van der Waals surface area contributed by atoms with Gasteiger partial charge in [-0.05, 0) is 101 Å². The van der Waals surface area contributed by atoms with E-state index in [1.807, 2.05) is 32.9 Å². The normalized spacial score (nSPS) is 13.7. The minimum Gasteiger partial charge on any atom is -0.423 e. The lowest BCUT2D eigenvalue weighted by Gasteiger charge is -2.18. The van der Waals surface area contributed by atoms with Gasteiger partial charge in [-0.25, -0.2) is 9.59 Å². The first-order valence-electron chi connectivity index (χ1n) is 14.9. The Hall–Kier alpha value is -6.17. The number of hydrogen-bond acceptors (Lipinski definition) is 9. The van der Waals surface area contributed by atoms with Gasteiger partial charge in [-0.2, -0.15) is 0 Å². The number of nitro groups is 2. The zero-order chi connectivity index (χ0) is 35.0. The fourth-order valence-corrected chi connectivity index (χ4v) is 6.07. The molecule has 0 amide bonds. The van der Waals surface area contributed by atoms with Crippen molar-refractivity contribution < 1.29 is 28.9 Å². The van der Waals surface area contributed by atoms with Crippen LogP contribution in [0.25, 0.3) is 5.57 Å². The first-order valence-corrected chi connectivity index (χ1v) is 14.9. The van der Waals surface area contributed by atoms with Crippen LogP contribution in [0.15, 0.2) is 82.5 Å². The summed E-state index contributed by atoms with van der Waals surface area (Å²) in [5.41, 5.74) is 8.03. The van der Waals surface area contributed by atoms with Gasteiger partial charge in [0.25, 0.3) is 11.4 Å². The van der Waals surface area contributed by atoms with E-state index in [0.29, 0.717) is 45.1 Å². The first kappa shape index (κ1) is 33.2. The second-order valence-corrected chi connectivity index (χ2v) is 11.6. The van der Waals surface area contributed by atoms with Crippen molar-refractivity contribution in [2.75, 3.05) is 0 Å². The number of benzene rings is 3. The summed E-state index contributed by atoms with van der Waals surface area (Å²) in [4.78, 5) is 56.3. The van der Waals surface area contributed by atoms with Crippen molar-refractivity contribution in [1.29, 1.82) is 0 Å². The van der Waals surface area contributed by atoms with Gasteiger partial charge in [0.2, 0.25) is 0 Å². The number of ether oxygens (including phenoxy) is 2. The van der Waals surface area contributed by atoms with E-state index in [9.17, 15) is 29.8 Å². The molecular formula is C36H32N4O8. The molecule has 0 spiro atoms. The Morgan fingerprint density at radius 3 is 1.67 bits per heavy atom. The second kappa shape index (κ2) is 12.9. The maximum Gasteiger partial charge on any atom is 0.345 e. The Kier molecular flexibility index (Phi) is 8.93. The summed E-state index contributed by atoms with van der Waals surface area (Å²) in [5.74, 6) is -1.01.